The van der Waals surface area contributed by atoms with Gasteiger partial charge in [-0.05, 0) is 31.6 Å². The van der Waals surface area contributed by atoms with Gasteiger partial charge in [-0.15, -0.1) is 11.3 Å². The molecule has 1 aromatic rings. The highest BCUT2D eigenvalue weighted by molar-refractivity contribution is 7.12. The molecule has 0 saturated heterocycles. The summed E-state index contributed by atoms with van der Waals surface area (Å²) in [6, 6.07) is 0. The summed E-state index contributed by atoms with van der Waals surface area (Å²) in [6.45, 7) is 6.83. The molecule has 2 bridgehead atoms. The Kier molecular flexibility index (Phi) is 2.01. The monoisotopic (exact) mass is 221 g/mol. The summed E-state index contributed by atoms with van der Waals surface area (Å²) in [5.74, 6) is 1.66. The highest BCUT2D eigenvalue weighted by Gasteiger charge is 2.37. The lowest BCUT2D eigenvalue weighted by Gasteiger charge is -2.34. The smallest absolute Gasteiger partial charge is 0.0984 e. The van der Waals surface area contributed by atoms with E-state index in [9.17, 15) is 0 Å². The summed E-state index contributed by atoms with van der Waals surface area (Å²) in [6.07, 6.45) is 5.63. The summed E-state index contributed by atoms with van der Waals surface area (Å²) in [4.78, 5) is 6.56. The highest BCUT2D eigenvalue weighted by atomic mass is 32.1. The summed E-state index contributed by atoms with van der Waals surface area (Å²) in [5.41, 5.74) is 1.72. The predicted octanol–water partition coefficient (Wildman–Crippen LogP) is 4.20. The average Bonchev–Trinajstić information content (AvgIpc) is 2.64. The van der Waals surface area contributed by atoms with E-state index in [0.29, 0.717) is 0 Å². The molecule has 0 aromatic carbocycles. The van der Waals surface area contributed by atoms with Crippen molar-refractivity contribution in [3.05, 3.63) is 15.6 Å². The molecule has 1 fully saturated rings. The molecule has 15 heavy (non-hydrogen) atoms. The molecule has 2 heteroatoms. The molecule has 0 aliphatic heterocycles. The minimum atomic E-state index is 0.238. The Labute approximate surface area is 95.9 Å². The fraction of sp³-hybridized carbons (Fsp3) is 0.769. The van der Waals surface area contributed by atoms with Gasteiger partial charge in [-0.1, -0.05) is 20.8 Å². The molecule has 0 radical (unpaired) electrons. The van der Waals surface area contributed by atoms with E-state index in [4.69, 9.17) is 4.98 Å². The van der Waals surface area contributed by atoms with Crippen LogP contribution in [0.25, 0.3) is 0 Å². The van der Waals surface area contributed by atoms with Crippen molar-refractivity contribution in [2.75, 3.05) is 0 Å². The quantitative estimate of drug-likeness (QED) is 0.640. The third-order valence-electron chi connectivity index (χ3n) is 3.81. The second-order valence-corrected chi connectivity index (χ2v) is 7.10. The van der Waals surface area contributed by atoms with Gasteiger partial charge in [0.2, 0.25) is 0 Å². The Hall–Kier alpha value is -0.370. The molecular weight excluding hydrogens is 202 g/mol. The van der Waals surface area contributed by atoms with E-state index in [1.807, 2.05) is 11.3 Å². The maximum atomic E-state index is 4.92. The first-order valence-corrected chi connectivity index (χ1v) is 6.88. The molecule has 82 valence electrons. The third-order valence-corrected chi connectivity index (χ3v) is 5.47. The second-order valence-electron chi connectivity index (χ2n) is 6.07. The van der Waals surface area contributed by atoms with E-state index in [-0.39, 0.29) is 5.41 Å². The van der Waals surface area contributed by atoms with Crippen molar-refractivity contribution in [2.24, 2.45) is 0 Å². The fourth-order valence-corrected chi connectivity index (χ4v) is 4.26. The molecule has 1 aromatic heterocycles. The molecule has 1 saturated carbocycles. The minimum absolute atomic E-state index is 0.238. The Balaban J connectivity index is 2.08. The molecule has 0 spiro atoms. The van der Waals surface area contributed by atoms with Gasteiger partial charge < -0.3 is 0 Å². The van der Waals surface area contributed by atoms with Crippen LogP contribution in [0.5, 0.6) is 0 Å². The largest absolute Gasteiger partial charge is 0.245 e. The number of nitrogens with zero attached hydrogens (tertiary/aromatic N) is 1. The molecule has 0 unspecified atom stereocenters. The van der Waals surface area contributed by atoms with Crippen molar-refractivity contribution in [2.45, 2.75) is 63.7 Å². The molecule has 4 rings (SSSR count). The van der Waals surface area contributed by atoms with Crippen molar-refractivity contribution in [3.8, 4) is 0 Å². The summed E-state index contributed by atoms with van der Waals surface area (Å²) < 4.78 is 0. The van der Waals surface area contributed by atoms with E-state index >= 15 is 0 Å². The van der Waals surface area contributed by atoms with E-state index in [0.717, 1.165) is 11.8 Å². The van der Waals surface area contributed by atoms with Crippen LogP contribution in [-0.4, -0.2) is 4.98 Å². The molecule has 0 atom stereocenters. The second kappa shape index (κ2) is 3.07. The van der Waals surface area contributed by atoms with Crippen molar-refractivity contribution in [1.29, 1.82) is 0 Å². The molecule has 3 aliphatic rings. The lowest BCUT2D eigenvalue weighted by molar-refractivity contribution is 0.357. The first kappa shape index (κ1) is 9.83. The van der Waals surface area contributed by atoms with E-state index in [2.05, 4.69) is 20.8 Å². The van der Waals surface area contributed by atoms with Gasteiger partial charge in [-0.2, -0.15) is 0 Å². The number of hydrogen-bond acceptors (Lipinski definition) is 2. The highest BCUT2D eigenvalue weighted by Crippen LogP contribution is 2.52. The normalized spacial score (nSPS) is 29.3. The van der Waals surface area contributed by atoms with Crippen LogP contribution >= 0.6 is 11.3 Å². The van der Waals surface area contributed by atoms with Gasteiger partial charge in [0.1, 0.15) is 0 Å². The summed E-state index contributed by atoms with van der Waals surface area (Å²) >= 11 is 1.99. The summed E-state index contributed by atoms with van der Waals surface area (Å²) in [7, 11) is 0. The van der Waals surface area contributed by atoms with Gasteiger partial charge >= 0.3 is 0 Å². The number of thiazole rings is 1. The summed E-state index contributed by atoms with van der Waals surface area (Å²) in [5, 5.41) is 1.35. The van der Waals surface area contributed by atoms with E-state index in [1.165, 1.54) is 36.4 Å². The van der Waals surface area contributed by atoms with Crippen LogP contribution in [0.15, 0.2) is 0 Å². The SMILES string of the molecule is CC(C)(C)c1nc2c(s1)C1CCC2CC1. The van der Waals surface area contributed by atoms with Crippen molar-refractivity contribution in [1.82, 2.24) is 4.98 Å². The predicted molar refractivity (Wildman–Crippen MR) is 64.8 cm³/mol. The lowest BCUT2D eigenvalue weighted by Crippen LogP contribution is -2.20. The van der Waals surface area contributed by atoms with Crippen LogP contribution in [0.2, 0.25) is 0 Å². The Morgan fingerprint density at radius 1 is 1.07 bits per heavy atom. The van der Waals surface area contributed by atoms with Gasteiger partial charge in [0, 0.05) is 16.2 Å². The Morgan fingerprint density at radius 2 is 1.67 bits per heavy atom. The molecule has 3 aliphatic carbocycles. The van der Waals surface area contributed by atoms with Crippen molar-refractivity contribution >= 4 is 11.3 Å². The van der Waals surface area contributed by atoms with Crippen molar-refractivity contribution in [3.63, 3.8) is 0 Å². The third kappa shape index (κ3) is 1.45. The van der Waals surface area contributed by atoms with Crippen LogP contribution in [0, 0.1) is 0 Å². The number of aromatic nitrogens is 1. The maximum absolute atomic E-state index is 4.92. The van der Waals surface area contributed by atoms with Crippen LogP contribution in [0.1, 0.15) is 73.9 Å². The first-order valence-electron chi connectivity index (χ1n) is 6.07. The van der Waals surface area contributed by atoms with Gasteiger partial charge in [-0.3, -0.25) is 0 Å². The Morgan fingerprint density at radius 3 is 2.20 bits per heavy atom. The van der Waals surface area contributed by atoms with E-state index in [1.54, 1.807) is 4.88 Å². The standard InChI is InChI=1S/C13H19NS/c1-13(2,3)12-14-10-8-4-6-9(7-5-8)11(10)15-12/h8-9H,4-7H2,1-3H3. The van der Waals surface area contributed by atoms with Gasteiger partial charge in [0.05, 0.1) is 10.7 Å². The minimum Gasteiger partial charge on any atom is -0.245 e. The molecule has 0 amide bonds. The zero-order valence-corrected chi connectivity index (χ0v) is 10.7. The van der Waals surface area contributed by atoms with Crippen molar-refractivity contribution < 1.29 is 0 Å². The van der Waals surface area contributed by atoms with Crippen LogP contribution in [0.3, 0.4) is 0 Å². The van der Waals surface area contributed by atoms with E-state index < -0.39 is 0 Å². The fourth-order valence-electron chi connectivity index (χ4n) is 2.88. The molecule has 1 nitrogen and oxygen atoms in total. The average molecular weight is 221 g/mol. The van der Waals surface area contributed by atoms with Crippen LogP contribution in [0.4, 0.5) is 0 Å². The number of fused-ring (bicyclic) bond motifs is 2. The van der Waals surface area contributed by atoms with Gasteiger partial charge in [0.25, 0.3) is 0 Å². The molecule has 0 N–H and O–H groups in total. The molecular formula is C13H19NS. The molecule has 1 heterocycles. The topological polar surface area (TPSA) is 12.9 Å². The van der Waals surface area contributed by atoms with Crippen LogP contribution < -0.4 is 0 Å². The zero-order valence-electron chi connectivity index (χ0n) is 9.84. The first-order chi connectivity index (χ1) is 7.05. The maximum Gasteiger partial charge on any atom is 0.0984 e. The Bertz CT molecular complexity index is 348. The number of hydrogen-bond donors (Lipinski definition) is 0. The van der Waals surface area contributed by atoms with Gasteiger partial charge in [-0.25, -0.2) is 4.98 Å². The zero-order chi connectivity index (χ0) is 10.6. The van der Waals surface area contributed by atoms with Gasteiger partial charge in [0.15, 0.2) is 0 Å². The number of rotatable bonds is 0. The van der Waals surface area contributed by atoms with Crippen LogP contribution in [-0.2, 0) is 5.41 Å². The lowest BCUT2D eigenvalue weighted by atomic mass is 9.73.